The Kier molecular flexibility index (Phi) is 4.37. The Balaban J connectivity index is 1.95. The highest BCUT2D eigenvalue weighted by Crippen LogP contribution is 2.12. The highest BCUT2D eigenvalue weighted by atomic mass is 16.5. The molecule has 1 fully saturated rings. The van der Waals surface area contributed by atoms with E-state index in [1.807, 2.05) is 6.07 Å². The van der Waals surface area contributed by atoms with Crippen molar-refractivity contribution < 1.29 is 13.9 Å². The number of carbonyl (C=O) groups is 1. The summed E-state index contributed by atoms with van der Waals surface area (Å²) in [6.45, 7) is 2.99. The van der Waals surface area contributed by atoms with Crippen LogP contribution in [-0.2, 0) is 9.53 Å². The van der Waals surface area contributed by atoms with Gasteiger partial charge in [0.2, 0.25) is 0 Å². The van der Waals surface area contributed by atoms with Crippen molar-refractivity contribution in [2.24, 2.45) is 0 Å². The van der Waals surface area contributed by atoms with Crippen LogP contribution >= 0.6 is 0 Å². The fourth-order valence-electron chi connectivity index (χ4n) is 1.93. The Morgan fingerprint density at radius 2 is 2.47 bits per heavy atom. The summed E-state index contributed by atoms with van der Waals surface area (Å²) in [5.41, 5.74) is 0.0346. The van der Waals surface area contributed by atoms with Crippen molar-refractivity contribution in [1.82, 2.24) is 5.32 Å². The van der Waals surface area contributed by atoms with Crippen LogP contribution in [-0.4, -0.2) is 25.2 Å². The van der Waals surface area contributed by atoms with Crippen LogP contribution in [0.5, 0.6) is 0 Å². The monoisotopic (exact) mass is 260 g/mol. The van der Waals surface area contributed by atoms with Gasteiger partial charge in [-0.2, -0.15) is 5.26 Å². The number of ether oxygens (including phenoxy) is 1. The molecule has 0 radical (unpaired) electrons. The number of furan rings is 1. The summed E-state index contributed by atoms with van der Waals surface area (Å²) in [6.07, 6.45) is 3.48. The van der Waals surface area contributed by atoms with Gasteiger partial charge >= 0.3 is 0 Å². The molecule has 2 heterocycles. The second-order valence-corrected chi connectivity index (χ2v) is 4.46. The van der Waals surface area contributed by atoms with E-state index in [2.05, 4.69) is 5.32 Å². The number of rotatable bonds is 4. The first-order chi connectivity index (χ1) is 9.19. The minimum Gasteiger partial charge on any atom is -0.462 e. The van der Waals surface area contributed by atoms with Crippen molar-refractivity contribution in [2.45, 2.75) is 25.9 Å². The lowest BCUT2D eigenvalue weighted by atomic mass is 10.2. The van der Waals surface area contributed by atoms with Gasteiger partial charge in [-0.15, -0.1) is 0 Å². The van der Waals surface area contributed by atoms with Crippen LogP contribution in [0.3, 0.4) is 0 Å². The Labute approximate surface area is 111 Å². The van der Waals surface area contributed by atoms with Crippen LogP contribution in [0.25, 0.3) is 6.08 Å². The standard InChI is InChI=1S/C14H16N2O3/c1-10-4-5-12(19-10)7-11(8-15)14(17)16-9-13-3-2-6-18-13/h4-5,7,13H,2-3,6,9H2,1H3,(H,16,17)/b11-7-/t13-/m0/s1. The first-order valence-electron chi connectivity index (χ1n) is 6.27. The zero-order valence-electron chi connectivity index (χ0n) is 10.8. The summed E-state index contributed by atoms with van der Waals surface area (Å²) < 4.78 is 10.7. The first-order valence-corrected chi connectivity index (χ1v) is 6.27. The average molecular weight is 260 g/mol. The minimum absolute atomic E-state index is 0.0346. The molecule has 1 aromatic heterocycles. The molecule has 1 aromatic rings. The first kappa shape index (κ1) is 13.4. The predicted molar refractivity (Wildman–Crippen MR) is 69.0 cm³/mol. The number of nitriles is 1. The highest BCUT2D eigenvalue weighted by Gasteiger charge is 2.17. The topological polar surface area (TPSA) is 75.3 Å². The molecule has 19 heavy (non-hydrogen) atoms. The normalized spacial score (nSPS) is 19.2. The van der Waals surface area contributed by atoms with Gasteiger partial charge in [0.05, 0.1) is 6.10 Å². The Morgan fingerprint density at radius 3 is 3.05 bits per heavy atom. The van der Waals surface area contributed by atoms with Gasteiger partial charge in [0.25, 0.3) is 5.91 Å². The number of hydrogen-bond acceptors (Lipinski definition) is 4. The van der Waals surface area contributed by atoms with Gasteiger partial charge in [0, 0.05) is 19.2 Å². The van der Waals surface area contributed by atoms with E-state index in [1.165, 1.54) is 6.08 Å². The van der Waals surface area contributed by atoms with E-state index in [1.54, 1.807) is 19.1 Å². The molecule has 2 rings (SSSR count). The van der Waals surface area contributed by atoms with Gasteiger partial charge in [0.1, 0.15) is 23.2 Å². The minimum atomic E-state index is -0.396. The van der Waals surface area contributed by atoms with Crippen molar-refractivity contribution in [3.05, 3.63) is 29.2 Å². The predicted octanol–water partition coefficient (Wildman–Crippen LogP) is 1.79. The fourth-order valence-corrected chi connectivity index (χ4v) is 1.93. The van der Waals surface area contributed by atoms with Crippen LogP contribution in [0.2, 0.25) is 0 Å². The molecule has 1 aliphatic heterocycles. The molecule has 1 amide bonds. The Hall–Kier alpha value is -2.06. The van der Waals surface area contributed by atoms with Gasteiger partial charge in [-0.25, -0.2) is 0 Å². The van der Waals surface area contributed by atoms with Crippen LogP contribution in [0, 0.1) is 18.3 Å². The lowest BCUT2D eigenvalue weighted by molar-refractivity contribution is -0.117. The maximum atomic E-state index is 11.8. The van der Waals surface area contributed by atoms with Gasteiger partial charge in [-0.3, -0.25) is 4.79 Å². The van der Waals surface area contributed by atoms with Crippen LogP contribution in [0.4, 0.5) is 0 Å². The molecule has 0 aliphatic carbocycles. The molecule has 1 N–H and O–H groups in total. The smallest absolute Gasteiger partial charge is 0.262 e. The zero-order chi connectivity index (χ0) is 13.7. The SMILES string of the molecule is Cc1ccc(/C=C(/C#N)C(=O)NC[C@@H]2CCCO2)o1. The van der Waals surface area contributed by atoms with E-state index >= 15 is 0 Å². The van der Waals surface area contributed by atoms with Crippen LogP contribution in [0.1, 0.15) is 24.4 Å². The third-order valence-corrected chi connectivity index (χ3v) is 2.93. The number of aryl methyl sites for hydroxylation is 1. The van der Waals surface area contributed by atoms with Crippen molar-refractivity contribution in [3.63, 3.8) is 0 Å². The van der Waals surface area contributed by atoms with E-state index in [0.29, 0.717) is 12.3 Å². The molecule has 0 saturated carbocycles. The van der Waals surface area contributed by atoms with Gasteiger partial charge in [0.15, 0.2) is 0 Å². The van der Waals surface area contributed by atoms with E-state index in [-0.39, 0.29) is 11.7 Å². The number of nitrogens with one attached hydrogen (secondary N) is 1. The molecule has 0 aromatic carbocycles. The van der Waals surface area contributed by atoms with Crippen molar-refractivity contribution in [3.8, 4) is 6.07 Å². The number of hydrogen-bond donors (Lipinski definition) is 1. The lowest BCUT2D eigenvalue weighted by Gasteiger charge is -2.09. The second-order valence-electron chi connectivity index (χ2n) is 4.46. The van der Waals surface area contributed by atoms with Crippen LogP contribution < -0.4 is 5.32 Å². The summed E-state index contributed by atoms with van der Waals surface area (Å²) in [6, 6.07) is 5.39. The molecule has 1 saturated heterocycles. The molecular formula is C14H16N2O3. The second kappa shape index (κ2) is 6.21. The summed E-state index contributed by atoms with van der Waals surface area (Å²) in [4.78, 5) is 11.8. The summed E-state index contributed by atoms with van der Waals surface area (Å²) >= 11 is 0. The van der Waals surface area contributed by atoms with Crippen LogP contribution in [0.15, 0.2) is 22.1 Å². The fraction of sp³-hybridized carbons (Fsp3) is 0.429. The quantitative estimate of drug-likeness (QED) is 0.661. The maximum absolute atomic E-state index is 11.8. The third-order valence-electron chi connectivity index (χ3n) is 2.93. The Bertz CT molecular complexity index is 519. The average Bonchev–Trinajstić information content (AvgIpc) is 3.04. The van der Waals surface area contributed by atoms with E-state index in [4.69, 9.17) is 14.4 Å². The van der Waals surface area contributed by atoms with Crippen molar-refractivity contribution >= 4 is 12.0 Å². The largest absolute Gasteiger partial charge is 0.462 e. The molecule has 5 nitrogen and oxygen atoms in total. The van der Waals surface area contributed by atoms with Crippen molar-refractivity contribution in [2.75, 3.05) is 13.2 Å². The van der Waals surface area contributed by atoms with Gasteiger partial charge in [-0.05, 0) is 31.9 Å². The molecule has 0 bridgehead atoms. The zero-order valence-corrected chi connectivity index (χ0v) is 10.8. The number of amides is 1. The molecule has 0 unspecified atom stereocenters. The summed E-state index contributed by atoms with van der Waals surface area (Å²) in [5, 5.41) is 11.7. The Morgan fingerprint density at radius 1 is 1.63 bits per heavy atom. The molecule has 1 atom stereocenters. The molecule has 0 spiro atoms. The molecule has 1 aliphatic rings. The highest BCUT2D eigenvalue weighted by molar-refractivity contribution is 6.01. The number of carbonyl (C=O) groups excluding carboxylic acids is 1. The summed E-state index contributed by atoms with van der Waals surface area (Å²) in [7, 11) is 0. The number of nitrogens with zero attached hydrogens (tertiary/aromatic N) is 1. The maximum Gasteiger partial charge on any atom is 0.262 e. The van der Waals surface area contributed by atoms with E-state index < -0.39 is 5.91 Å². The lowest BCUT2D eigenvalue weighted by Crippen LogP contribution is -2.32. The molecule has 100 valence electrons. The van der Waals surface area contributed by atoms with Crippen molar-refractivity contribution in [1.29, 1.82) is 5.26 Å². The van der Waals surface area contributed by atoms with E-state index in [9.17, 15) is 4.79 Å². The molecule has 5 heteroatoms. The van der Waals surface area contributed by atoms with Gasteiger partial charge in [-0.1, -0.05) is 0 Å². The van der Waals surface area contributed by atoms with Gasteiger partial charge < -0.3 is 14.5 Å². The molecular weight excluding hydrogens is 244 g/mol. The van der Waals surface area contributed by atoms with E-state index in [0.717, 1.165) is 25.2 Å². The summed E-state index contributed by atoms with van der Waals surface area (Å²) in [5.74, 6) is 0.844. The third kappa shape index (κ3) is 3.70.